The third-order valence-electron chi connectivity index (χ3n) is 7.84. The molecular formula is C40H40O5S. The van der Waals surface area contributed by atoms with Gasteiger partial charge in [-0.2, -0.15) is 0 Å². The third kappa shape index (κ3) is 9.09. The first kappa shape index (κ1) is 32.0. The number of thioether (sulfide) groups is 1. The molecule has 0 spiro atoms. The molecule has 0 amide bonds. The Morgan fingerprint density at radius 2 is 1.07 bits per heavy atom. The summed E-state index contributed by atoms with van der Waals surface area (Å²) in [4.78, 5) is 1.10. The Kier molecular flexibility index (Phi) is 11.6. The van der Waals surface area contributed by atoms with Crippen molar-refractivity contribution in [2.24, 2.45) is 0 Å². The maximum atomic E-state index is 6.88. The normalized spacial score (nSPS) is 21.1. The highest BCUT2D eigenvalue weighted by atomic mass is 32.2. The fourth-order valence-electron chi connectivity index (χ4n) is 5.43. The van der Waals surface area contributed by atoms with Crippen LogP contribution in [0.2, 0.25) is 0 Å². The lowest BCUT2D eigenvalue weighted by atomic mass is 10.00. The molecule has 5 aromatic rings. The minimum absolute atomic E-state index is 0.251. The van der Waals surface area contributed by atoms with E-state index in [0.29, 0.717) is 26.4 Å². The van der Waals surface area contributed by atoms with Crippen LogP contribution in [0.4, 0.5) is 0 Å². The smallest absolute Gasteiger partial charge is 0.215 e. The molecule has 0 radical (unpaired) electrons. The molecule has 0 N–H and O–H groups in total. The van der Waals surface area contributed by atoms with Crippen molar-refractivity contribution in [3.05, 3.63) is 168 Å². The maximum Gasteiger partial charge on any atom is 0.215 e. The van der Waals surface area contributed by atoms with E-state index in [2.05, 4.69) is 55.5 Å². The van der Waals surface area contributed by atoms with Gasteiger partial charge in [0, 0.05) is 4.90 Å². The van der Waals surface area contributed by atoms with E-state index in [1.54, 1.807) is 11.8 Å². The highest BCUT2D eigenvalue weighted by Crippen LogP contribution is 2.39. The van der Waals surface area contributed by atoms with Crippen LogP contribution in [-0.4, -0.2) is 36.5 Å². The molecule has 236 valence electrons. The summed E-state index contributed by atoms with van der Waals surface area (Å²) < 4.78 is 33.4. The fourth-order valence-corrected chi connectivity index (χ4v) is 6.66. The van der Waals surface area contributed by atoms with Crippen LogP contribution in [0.25, 0.3) is 0 Å². The van der Waals surface area contributed by atoms with E-state index in [1.807, 2.05) is 97.1 Å². The van der Waals surface area contributed by atoms with Gasteiger partial charge in [0.2, 0.25) is 6.29 Å². The van der Waals surface area contributed by atoms with Crippen LogP contribution < -0.4 is 4.74 Å². The summed E-state index contributed by atoms with van der Waals surface area (Å²) in [7, 11) is 0. The zero-order valence-corrected chi connectivity index (χ0v) is 26.8. The topological polar surface area (TPSA) is 46.2 Å². The predicted octanol–water partition coefficient (Wildman–Crippen LogP) is 8.65. The molecule has 5 atom stereocenters. The molecule has 0 aromatic heterocycles. The summed E-state index contributed by atoms with van der Waals surface area (Å²) in [6.07, 6.45) is -1.89. The second-order valence-corrected chi connectivity index (χ2v) is 12.6. The van der Waals surface area contributed by atoms with E-state index in [9.17, 15) is 0 Å². The number of ether oxygens (including phenoxy) is 5. The van der Waals surface area contributed by atoms with Gasteiger partial charge in [-0.25, -0.2) is 0 Å². The molecule has 1 aliphatic rings. The quantitative estimate of drug-likeness (QED) is 0.122. The molecule has 0 unspecified atom stereocenters. The van der Waals surface area contributed by atoms with Gasteiger partial charge in [0.05, 0.1) is 26.4 Å². The van der Waals surface area contributed by atoms with E-state index in [-0.39, 0.29) is 11.4 Å². The summed E-state index contributed by atoms with van der Waals surface area (Å²) in [6.45, 7) is 3.69. The molecule has 1 aliphatic heterocycles. The molecule has 1 fully saturated rings. The largest absolute Gasteiger partial charge is 0.464 e. The van der Waals surface area contributed by atoms with E-state index >= 15 is 0 Å². The van der Waals surface area contributed by atoms with Gasteiger partial charge >= 0.3 is 0 Å². The van der Waals surface area contributed by atoms with Gasteiger partial charge in [0.1, 0.15) is 29.3 Å². The summed E-state index contributed by atoms with van der Waals surface area (Å²) >= 11 is 1.69. The molecule has 5 nitrogen and oxygen atoms in total. The van der Waals surface area contributed by atoms with Crippen molar-refractivity contribution in [3.8, 4) is 5.75 Å². The predicted molar refractivity (Wildman–Crippen MR) is 183 cm³/mol. The minimum Gasteiger partial charge on any atom is -0.464 e. The van der Waals surface area contributed by atoms with Crippen molar-refractivity contribution < 1.29 is 23.7 Å². The number of aryl methyl sites for hydroxylation is 1. The van der Waals surface area contributed by atoms with Crippen LogP contribution in [0, 0.1) is 6.92 Å². The first-order valence-corrected chi connectivity index (χ1v) is 16.6. The molecule has 6 rings (SSSR count). The van der Waals surface area contributed by atoms with Gasteiger partial charge in [-0.15, -0.1) is 11.8 Å². The van der Waals surface area contributed by atoms with E-state index in [0.717, 1.165) is 32.9 Å². The SMILES string of the molecule is Cc1ccc(O[C@H]2O[C@H](COCc3ccccc3)[C@@H](OCc3ccccc3)[C@H](OCc3ccccc3)[C@@H]2Sc2ccccc2)cc1. The lowest BCUT2D eigenvalue weighted by molar-refractivity contribution is -0.253. The number of hydrogen-bond acceptors (Lipinski definition) is 6. The lowest BCUT2D eigenvalue weighted by Crippen LogP contribution is -2.60. The molecule has 0 aliphatic carbocycles. The highest BCUT2D eigenvalue weighted by molar-refractivity contribution is 8.00. The van der Waals surface area contributed by atoms with Crippen LogP contribution in [0.1, 0.15) is 22.3 Å². The summed E-state index contributed by atoms with van der Waals surface area (Å²) in [5, 5.41) is -0.251. The second kappa shape index (κ2) is 16.6. The van der Waals surface area contributed by atoms with Crippen molar-refractivity contribution in [1.82, 2.24) is 0 Å². The van der Waals surface area contributed by atoms with Crippen LogP contribution in [0.3, 0.4) is 0 Å². The van der Waals surface area contributed by atoms with Crippen LogP contribution >= 0.6 is 11.8 Å². The number of benzene rings is 5. The third-order valence-corrected chi connectivity index (χ3v) is 9.15. The number of hydrogen-bond donors (Lipinski definition) is 0. The molecule has 0 bridgehead atoms. The van der Waals surface area contributed by atoms with Crippen LogP contribution in [0.5, 0.6) is 5.75 Å². The summed E-state index contributed by atoms with van der Waals surface area (Å²) in [6, 6.07) is 49.0. The molecule has 1 heterocycles. The average molecular weight is 633 g/mol. The molecule has 5 aromatic carbocycles. The zero-order valence-electron chi connectivity index (χ0n) is 26.0. The second-order valence-electron chi connectivity index (χ2n) is 11.4. The molecular weight excluding hydrogens is 593 g/mol. The van der Waals surface area contributed by atoms with E-state index in [1.165, 1.54) is 0 Å². The Bertz CT molecular complexity index is 1570. The van der Waals surface area contributed by atoms with Gasteiger partial charge in [0.15, 0.2) is 0 Å². The van der Waals surface area contributed by atoms with Crippen molar-refractivity contribution in [3.63, 3.8) is 0 Å². The highest BCUT2D eigenvalue weighted by Gasteiger charge is 2.49. The van der Waals surface area contributed by atoms with Crippen molar-refractivity contribution >= 4 is 11.8 Å². The molecule has 46 heavy (non-hydrogen) atoms. The molecule has 6 heteroatoms. The Balaban J connectivity index is 1.33. The van der Waals surface area contributed by atoms with Gasteiger partial charge in [-0.3, -0.25) is 0 Å². The minimum atomic E-state index is -0.629. The maximum absolute atomic E-state index is 6.88. The van der Waals surface area contributed by atoms with Crippen LogP contribution in [0.15, 0.2) is 150 Å². The Morgan fingerprint density at radius 1 is 0.565 bits per heavy atom. The van der Waals surface area contributed by atoms with Gasteiger partial charge in [-0.1, -0.05) is 127 Å². The summed E-state index contributed by atoms with van der Waals surface area (Å²) in [5.41, 5.74) is 4.44. The summed E-state index contributed by atoms with van der Waals surface area (Å²) in [5.74, 6) is 0.740. The van der Waals surface area contributed by atoms with E-state index in [4.69, 9.17) is 23.7 Å². The Hall–Kier alpha value is -3.91. The Labute approximate surface area is 276 Å². The zero-order chi connectivity index (χ0) is 31.4. The first-order valence-electron chi connectivity index (χ1n) is 15.7. The van der Waals surface area contributed by atoms with Crippen molar-refractivity contribution in [1.29, 1.82) is 0 Å². The van der Waals surface area contributed by atoms with Gasteiger partial charge < -0.3 is 23.7 Å². The monoisotopic (exact) mass is 632 g/mol. The van der Waals surface area contributed by atoms with Crippen molar-refractivity contribution in [2.75, 3.05) is 6.61 Å². The van der Waals surface area contributed by atoms with Crippen molar-refractivity contribution in [2.45, 2.75) is 61.5 Å². The standard InChI is InChI=1S/C40H40O5S/c1-30-22-24-34(25-23-30)44-40-39(46-35-20-12-5-13-21-35)38(43-28-33-18-10-4-11-19-33)37(42-27-32-16-8-3-9-17-32)36(45-40)29-41-26-31-14-6-2-7-15-31/h2-25,36-40H,26-29H2,1H3/t36-,37-,38+,39+,40+/m1/s1. The van der Waals surface area contributed by atoms with Gasteiger partial charge in [-0.05, 0) is 47.9 Å². The Morgan fingerprint density at radius 3 is 1.63 bits per heavy atom. The fraction of sp³-hybridized carbons (Fsp3) is 0.250. The average Bonchev–Trinajstić information content (AvgIpc) is 3.11. The molecule has 0 saturated carbocycles. The lowest BCUT2D eigenvalue weighted by Gasteiger charge is -2.45. The number of rotatable bonds is 14. The van der Waals surface area contributed by atoms with Crippen LogP contribution in [-0.2, 0) is 38.8 Å². The molecule has 1 saturated heterocycles. The van der Waals surface area contributed by atoms with Gasteiger partial charge in [0.25, 0.3) is 0 Å². The first-order chi connectivity index (χ1) is 22.7. The van der Waals surface area contributed by atoms with E-state index < -0.39 is 18.5 Å².